The Hall–Kier alpha value is -1.51. The van der Waals surface area contributed by atoms with Gasteiger partial charge in [-0.25, -0.2) is 0 Å². The summed E-state index contributed by atoms with van der Waals surface area (Å²) in [6.07, 6.45) is 0. The number of para-hydroxylation sites is 1. The highest BCUT2D eigenvalue weighted by atomic mass is 16.1. The Labute approximate surface area is 90.9 Å². The first-order chi connectivity index (χ1) is 7.15. The summed E-state index contributed by atoms with van der Waals surface area (Å²) in [5.41, 5.74) is 2.16. The fourth-order valence-electron chi connectivity index (χ4n) is 1.30. The smallest absolute Gasteiger partial charge is 0.222 e. The van der Waals surface area contributed by atoms with Gasteiger partial charge >= 0.3 is 0 Å². The zero-order chi connectivity index (χ0) is 11.3. The molecule has 0 heterocycles. The molecule has 0 bridgehead atoms. The Balaban J connectivity index is 2.61. The quantitative estimate of drug-likeness (QED) is 0.791. The number of benzene rings is 1. The lowest BCUT2D eigenvalue weighted by Crippen LogP contribution is -2.27. The molecule has 0 unspecified atom stereocenters. The van der Waals surface area contributed by atoms with Gasteiger partial charge in [-0.05, 0) is 11.6 Å². The molecule has 1 aromatic carbocycles. The van der Waals surface area contributed by atoms with Crippen molar-refractivity contribution < 1.29 is 4.79 Å². The van der Waals surface area contributed by atoms with Crippen molar-refractivity contribution in [1.29, 1.82) is 0 Å². The minimum absolute atomic E-state index is 0.0340. The minimum Gasteiger partial charge on any atom is -0.388 e. The fourth-order valence-corrected chi connectivity index (χ4v) is 1.30. The first kappa shape index (κ1) is 11.6. The molecule has 82 valence electrons. The summed E-state index contributed by atoms with van der Waals surface area (Å²) in [7, 11) is 1.88. The summed E-state index contributed by atoms with van der Waals surface area (Å²) in [6, 6.07) is 7.95. The van der Waals surface area contributed by atoms with Crippen LogP contribution in [0, 0.1) is 5.92 Å². The van der Waals surface area contributed by atoms with E-state index in [-0.39, 0.29) is 11.8 Å². The standard InChI is InChI=1S/C12H18N2O/c1-9(2)12(15)14-8-10-6-4-5-7-11(10)13-3/h4-7,9,13H,8H2,1-3H3,(H,14,15). The third-order valence-corrected chi connectivity index (χ3v) is 2.26. The molecule has 0 radical (unpaired) electrons. The topological polar surface area (TPSA) is 41.1 Å². The van der Waals surface area contributed by atoms with E-state index >= 15 is 0 Å². The summed E-state index contributed by atoms with van der Waals surface area (Å²) in [5.74, 6) is 0.118. The summed E-state index contributed by atoms with van der Waals surface area (Å²) in [6.45, 7) is 4.35. The predicted octanol–water partition coefficient (Wildman–Crippen LogP) is 2.00. The average molecular weight is 206 g/mol. The average Bonchev–Trinajstić information content (AvgIpc) is 2.26. The highest BCUT2D eigenvalue weighted by Crippen LogP contribution is 2.13. The first-order valence-corrected chi connectivity index (χ1v) is 5.18. The lowest BCUT2D eigenvalue weighted by molar-refractivity contribution is -0.124. The van der Waals surface area contributed by atoms with Crippen molar-refractivity contribution in [2.24, 2.45) is 5.92 Å². The number of rotatable bonds is 4. The number of hydrogen-bond donors (Lipinski definition) is 2. The number of hydrogen-bond acceptors (Lipinski definition) is 2. The van der Waals surface area contributed by atoms with Crippen LogP contribution in [0.2, 0.25) is 0 Å². The summed E-state index contributed by atoms with van der Waals surface area (Å²) < 4.78 is 0. The van der Waals surface area contributed by atoms with Crippen LogP contribution in [0.5, 0.6) is 0 Å². The van der Waals surface area contributed by atoms with E-state index in [9.17, 15) is 4.79 Å². The molecular formula is C12H18N2O. The van der Waals surface area contributed by atoms with Crippen molar-refractivity contribution in [3.8, 4) is 0 Å². The monoisotopic (exact) mass is 206 g/mol. The molecule has 0 atom stereocenters. The Morgan fingerprint density at radius 2 is 2.00 bits per heavy atom. The molecule has 0 aromatic heterocycles. The Morgan fingerprint density at radius 3 is 2.60 bits per heavy atom. The number of carbonyl (C=O) groups is 1. The maximum atomic E-state index is 11.4. The van der Waals surface area contributed by atoms with Crippen LogP contribution in [-0.2, 0) is 11.3 Å². The van der Waals surface area contributed by atoms with Gasteiger partial charge in [0.2, 0.25) is 5.91 Å². The third-order valence-electron chi connectivity index (χ3n) is 2.26. The van der Waals surface area contributed by atoms with Gasteiger partial charge in [-0.1, -0.05) is 32.0 Å². The van der Waals surface area contributed by atoms with Crippen LogP contribution in [0.1, 0.15) is 19.4 Å². The van der Waals surface area contributed by atoms with Gasteiger partial charge in [0.25, 0.3) is 0 Å². The molecule has 1 amide bonds. The van der Waals surface area contributed by atoms with Gasteiger partial charge < -0.3 is 10.6 Å². The fraction of sp³-hybridized carbons (Fsp3) is 0.417. The zero-order valence-corrected chi connectivity index (χ0v) is 9.50. The van der Waals surface area contributed by atoms with Crippen LogP contribution in [0.25, 0.3) is 0 Å². The largest absolute Gasteiger partial charge is 0.388 e. The normalized spacial score (nSPS) is 10.1. The highest BCUT2D eigenvalue weighted by molar-refractivity contribution is 5.78. The first-order valence-electron chi connectivity index (χ1n) is 5.18. The van der Waals surface area contributed by atoms with Gasteiger partial charge in [0.05, 0.1) is 0 Å². The Bertz CT molecular complexity index is 334. The third kappa shape index (κ3) is 3.27. The molecular weight excluding hydrogens is 188 g/mol. The van der Waals surface area contributed by atoms with Crippen LogP contribution in [-0.4, -0.2) is 13.0 Å². The molecule has 1 rings (SSSR count). The zero-order valence-electron chi connectivity index (χ0n) is 9.50. The predicted molar refractivity (Wildman–Crippen MR) is 62.7 cm³/mol. The molecule has 3 heteroatoms. The molecule has 3 nitrogen and oxygen atoms in total. The van der Waals surface area contributed by atoms with Crippen LogP contribution >= 0.6 is 0 Å². The van der Waals surface area contributed by atoms with E-state index < -0.39 is 0 Å². The van der Waals surface area contributed by atoms with Crippen LogP contribution in [0.15, 0.2) is 24.3 Å². The number of nitrogens with one attached hydrogen (secondary N) is 2. The number of amides is 1. The molecule has 1 aromatic rings. The molecule has 2 N–H and O–H groups in total. The van der Waals surface area contributed by atoms with Crippen molar-refractivity contribution in [3.05, 3.63) is 29.8 Å². The Kier molecular flexibility index (Phi) is 4.16. The molecule has 0 spiro atoms. The van der Waals surface area contributed by atoms with Crippen molar-refractivity contribution in [2.45, 2.75) is 20.4 Å². The number of anilines is 1. The van der Waals surface area contributed by atoms with E-state index in [4.69, 9.17) is 0 Å². The van der Waals surface area contributed by atoms with Gasteiger partial charge in [0, 0.05) is 25.2 Å². The summed E-state index contributed by atoms with van der Waals surface area (Å²) in [4.78, 5) is 11.4. The maximum Gasteiger partial charge on any atom is 0.222 e. The van der Waals surface area contributed by atoms with Crippen molar-refractivity contribution >= 4 is 11.6 Å². The van der Waals surface area contributed by atoms with Gasteiger partial charge in [-0.3, -0.25) is 4.79 Å². The van der Waals surface area contributed by atoms with Crippen molar-refractivity contribution in [3.63, 3.8) is 0 Å². The lowest BCUT2D eigenvalue weighted by atomic mass is 10.1. The van der Waals surface area contributed by atoms with E-state index in [0.29, 0.717) is 6.54 Å². The molecule has 0 fully saturated rings. The van der Waals surface area contributed by atoms with E-state index in [1.807, 2.05) is 45.2 Å². The summed E-state index contributed by atoms with van der Waals surface area (Å²) in [5, 5.41) is 5.99. The van der Waals surface area contributed by atoms with E-state index in [1.54, 1.807) is 0 Å². The van der Waals surface area contributed by atoms with E-state index in [0.717, 1.165) is 11.3 Å². The second-order valence-electron chi connectivity index (χ2n) is 3.78. The lowest BCUT2D eigenvalue weighted by Gasteiger charge is -2.11. The molecule has 0 aliphatic carbocycles. The van der Waals surface area contributed by atoms with Crippen LogP contribution in [0.3, 0.4) is 0 Å². The molecule has 0 saturated heterocycles. The maximum absolute atomic E-state index is 11.4. The second-order valence-corrected chi connectivity index (χ2v) is 3.78. The molecule has 0 saturated carbocycles. The minimum atomic E-state index is 0.0340. The molecule has 15 heavy (non-hydrogen) atoms. The summed E-state index contributed by atoms with van der Waals surface area (Å²) >= 11 is 0. The van der Waals surface area contributed by atoms with Gasteiger partial charge in [0.1, 0.15) is 0 Å². The second kappa shape index (κ2) is 5.39. The van der Waals surface area contributed by atoms with Crippen molar-refractivity contribution in [2.75, 3.05) is 12.4 Å². The van der Waals surface area contributed by atoms with Gasteiger partial charge in [-0.2, -0.15) is 0 Å². The van der Waals surface area contributed by atoms with Gasteiger partial charge in [0.15, 0.2) is 0 Å². The van der Waals surface area contributed by atoms with Crippen LogP contribution < -0.4 is 10.6 Å². The highest BCUT2D eigenvalue weighted by Gasteiger charge is 2.06. The van der Waals surface area contributed by atoms with Crippen LogP contribution in [0.4, 0.5) is 5.69 Å². The molecule has 0 aliphatic rings. The molecule has 0 aliphatic heterocycles. The SMILES string of the molecule is CNc1ccccc1CNC(=O)C(C)C. The Morgan fingerprint density at radius 1 is 1.33 bits per heavy atom. The van der Waals surface area contributed by atoms with Crippen molar-refractivity contribution in [1.82, 2.24) is 5.32 Å². The van der Waals surface area contributed by atoms with Gasteiger partial charge in [-0.15, -0.1) is 0 Å². The van der Waals surface area contributed by atoms with E-state index in [1.165, 1.54) is 0 Å². The number of carbonyl (C=O) groups excluding carboxylic acids is 1. The van der Waals surface area contributed by atoms with E-state index in [2.05, 4.69) is 10.6 Å².